The highest BCUT2D eigenvalue weighted by Gasteiger charge is 2.26. The van der Waals surface area contributed by atoms with Crippen LogP contribution in [0.25, 0.3) is 0 Å². The molecule has 0 saturated heterocycles. The lowest BCUT2D eigenvalue weighted by atomic mass is 9.80. The van der Waals surface area contributed by atoms with Crippen LogP contribution in [0.2, 0.25) is 0 Å². The number of halogens is 1. The van der Waals surface area contributed by atoms with Gasteiger partial charge in [0.05, 0.1) is 0 Å². The van der Waals surface area contributed by atoms with E-state index in [0.717, 1.165) is 12.8 Å². The normalized spacial score (nSPS) is 20.4. The largest absolute Gasteiger partial charge is 0.323 e. The van der Waals surface area contributed by atoms with Crippen LogP contribution >= 0.6 is 27.3 Å². The second-order valence-electron chi connectivity index (χ2n) is 4.93. The number of benzene rings is 1. The number of thiophene rings is 1. The highest BCUT2D eigenvalue weighted by Crippen LogP contribution is 2.37. The summed E-state index contributed by atoms with van der Waals surface area (Å²) in [5.41, 5.74) is 9.44. The molecule has 1 heterocycles. The second kappa shape index (κ2) is 5.16. The zero-order chi connectivity index (χ0) is 12.5. The van der Waals surface area contributed by atoms with Crippen molar-refractivity contribution in [1.29, 1.82) is 0 Å². The Balaban J connectivity index is 1.82. The molecule has 3 rings (SSSR count). The summed E-state index contributed by atoms with van der Waals surface area (Å²) < 4.78 is 1.17. The number of rotatable bonds is 2. The van der Waals surface area contributed by atoms with Crippen LogP contribution in [-0.2, 0) is 12.8 Å². The summed E-state index contributed by atoms with van der Waals surface area (Å²) >= 11 is 5.36. The molecular weight excluding hydrogens is 306 g/mol. The number of hydrogen-bond acceptors (Lipinski definition) is 2. The van der Waals surface area contributed by atoms with Crippen LogP contribution in [0.1, 0.15) is 28.5 Å². The summed E-state index contributed by atoms with van der Waals surface area (Å²) in [6, 6.07) is 11.0. The zero-order valence-electron chi connectivity index (χ0n) is 10.1. The monoisotopic (exact) mass is 321 g/mol. The Morgan fingerprint density at radius 1 is 1.22 bits per heavy atom. The van der Waals surface area contributed by atoms with Gasteiger partial charge in [0.2, 0.25) is 0 Å². The molecule has 94 valence electrons. The molecule has 1 aliphatic rings. The minimum atomic E-state index is 0.160. The summed E-state index contributed by atoms with van der Waals surface area (Å²) in [7, 11) is 0. The molecule has 1 aliphatic carbocycles. The molecule has 0 saturated carbocycles. The van der Waals surface area contributed by atoms with Crippen molar-refractivity contribution in [2.45, 2.75) is 25.3 Å². The molecule has 0 spiro atoms. The third-order valence-corrected chi connectivity index (χ3v) is 5.81. The van der Waals surface area contributed by atoms with Gasteiger partial charge < -0.3 is 5.73 Å². The maximum absolute atomic E-state index is 6.45. The molecule has 0 aliphatic heterocycles. The molecule has 18 heavy (non-hydrogen) atoms. The average molecular weight is 322 g/mol. The van der Waals surface area contributed by atoms with Gasteiger partial charge in [-0.15, -0.1) is 11.3 Å². The van der Waals surface area contributed by atoms with E-state index < -0.39 is 0 Å². The van der Waals surface area contributed by atoms with Crippen molar-refractivity contribution in [2.75, 3.05) is 0 Å². The molecule has 1 aromatic heterocycles. The Morgan fingerprint density at radius 2 is 2.00 bits per heavy atom. The van der Waals surface area contributed by atoms with Gasteiger partial charge in [0.25, 0.3) is 0 Å². The van der Waals surface area contributed by atoms with E-state index in [9.17, 15) is 0 Å². The molecule has 0 bridgehead atoms. The number of aryl methyl sites for hydroxylation is 1. The molecule has 2 N–H and O–H groups in total. The summed E-state index contributed by atoms with van der Waals surface area (Å²) in [5, 5.41) is 2.11. The lowest BCUT2D eigenvalue weighted by Crippen LogP contribution is -2.26. The van der Waals surface area contributed by atoms with Crippen LogP contribution in [0.5, 0.6) is 0 Å². The van der Waals surface area contributed by atoms with Crippen molar-refractivity contribution in [3.05, 3.63) is 56.2 Å². The van der Waals surface area contributed by atoms with Gasteiger partial charge in [0.1, 0.15) is 0 Å². The molecule has 1 nitrogen and oxygen atoms in total. The minimum Gasteiger partial charge on any atom is -0.323 e. The highest BCUT2D eigenvalue weighted by atomic mass is 79.9. The van der Waals surface area contributed by atoms with Gasteiger partial charge in [0.15, 0.2) is 0 Å². The van der Waals surface area contributed by atoms with E-state index >= 15 is 0 Å². The quantitative estimate of drug-likeness (QED) is 0.876. The Hall–Kier alpha value is -0.640. The fourth-order valence-corrected chi connectivity index (χ4v) is 4.52. The van der Waals surface area contributed by atoms with Gasteiger partial charge in [0, 0.05) is 15.4 Å². The predicted octanol–water partition coefficient (Wildman–Crippen LogP) is 4.32. The first-order chi connectivity index (χ1) is 8.75. The molecule has 2 unspecified atom stereocenters. The fourth-order valence-electron chi connectivity index (χ4n) is 2.79. The first-order valence-corrected chi connectivity index (χ1v) is 7.98. The van der Waals surface area contributed by atoms with Gasteiger partial charge in [-0.2, -0.15) is 0 Å². The predicted molar refractivity (Wildman–Crippen MR) is 80.9 cm³/mol. The van der Waals surface area contributed by atoms with Crippen molar-refractivity contribution >= 4 is 27.3 Å². The van der Waals surface area contributed by atoms with Crippen LogP contribution in [0, 0.1) is 5.92 Å². The van der Waals surface area contributed by atoms with Crippen LogP contribution in [0.4, 0.5) is 0 Å². The van der Waals surface area contributed by atoms with E-state index in [2.05, 4.69) is 51.6 Å². The average Bonchev–Trinajstić information content (AvgIpc) is 2.83. The van der Waals surface area contributed by atoms with E-state index in [1.165, 1.54) is 26.9 Å². The summed E-state index contributed by atoms with van der Waals surface area (Å²) in [5.74, 6) is 0.565. The molecule has 3 heteroatoms. The molecule has 1 aromatic carbocycles. The SMILES string of the molecule is NC(c1sccc1Br)C1CCc2ccccc2C1. The molecule has 2 atom stereocenters. The molecule has 2 aromatic rings. The lowest BCUT2D eigenvalue weighted by molar-refractivity contribution is 0.385. The Bertz CT molecular complexity index is 549. The van der Waals surface area contributed by atoms with Gasteiger partial charge in [-0.25, -0.2) is 0 Å². The molecule has 0 amide bonds. The van der Waals surface area contributed by atoms with Crippen molar-refractivity contribution in [2.24, 2.45) is 11.7 Å². The van der Waals surface area contributed by atoms with Gasteiger partial charge in [-0.3, -0.25) is 0 Å². The van der Waals surface area contributed by atoms with Crippen LogP contribution in [0.3, 0.4) is 0 Å². The highest BCUT2D eigenvalue weighted by molar-refractivity contribution is 9.10. The topological polar surface area (TPSA) is 26.0 Å². The molecular formula is C15H16BrNS. The van der Waals surface area contributed by atoms with Crippen molar-refractivity contribution in [1.82, 2.24) is 0 Å². The first kappa shape index (κ1) is 12.4. The second-order valence-corrected chi connectivity index (χ2v) is 6.73. The standard InChI is InChI=1S/C15H16BrNS/c16-13-7-8-18-15(13)14(17)12-6-5-10-3-1-2-4-11(10)9-12/h1-4,7-8,12,14H,5-6,9,17H2. The Labute approximate surface area is 120 Å². The number of hydrogen-bond donors (Lipinski definition) is 1. The van der Waals surface area contributed by atoms with E-state index in [1.807, 2.05) is 0 Å². The minimum absolute atomic E-state index is 0.160. The van der Waals surface area contributed by atoms with Crippen molar-refractivity contribution < 1.29 is 0 Å². The first-order valence-electron chi connectivity index (χ1n) is 6.31. The fraction of sp³-hybridized carbons (Fsp3) is 0.333. The summed E-state index contributed by atoms with van der Waals surface area (Å²) in [6.45, 7) is 0. The van der Waals surface area contributed by atoms with Crippen LogP contribution < -0.4 is 5.73 Å². The third-order valence-electron chi connectivity index (χ3n) is 3.84. The molecule has 0 fully saturated rings. The van der Waals surface area contributed by atoms with Crippen molar-refractivity contribution in [3.63, 3.8) is 0 Å². The Morgan fingerprint density at radius 3 is 2.72 bits per heavy atom. The van der Waals surface area contributed by atoms with Gasteiger partial charge in [-0.1, -0.05) is 24.3 Å². The van der Waals surface area contributed by atoms with Gasteiger partial charge in [-0.05, 0) is 63.7 Å². The van der Waals surface area contributed by atoms with E-state index in [4.69, 9.17) is 5.73 Å². The number of nitrogens with two attached hydrogens (primary N) is 1. The summed E-state index contributed by atoms with van der Waals surface area (Å²) in [4.78, 5) is 1.29. The van der Waals surface area contributed by atoms with E-state index in [1.54, 1.807) is 11.3 Å². The molecule has 0 radical (unpaired) electrons. The van der Waals surface area contributed by atoms with Crippen LogP contribution in [0.15, 0.2) is 40.2 Å². The smallest absolute Gasteiger partial charge is 0.0433 e. The van der Waals surface area contributed by atoms with E-state index in [0.29, 0.717) is 5.92 Å². The lowest BCUT2D eigenvalue weighted by Gasteiger charge is -2.29. The van der Waals surface area contributed by atoms with Gasteiger partial charge >= 0.3 is 0 Å². The number of fused-ring (bicyclic) bond motifs is 1. The van der Waals surface area contributed by atoms with E-state index in [-0.39, 0.29) is 6.04 Å². The zero-order valence-corrected chi connectivity index (χ0v) is 12.5. The maximum Gasteiger partial charge on any atom is 0.0433 e. The third kappa shape index (κ3) is 2.27. The summed E-state index contributed by atoms with van der Waals surface area (Å²) in [6.07, 6.45) is 3.47. The van der Waals surface area contributed by atoms with Crippen LogP contribution in [-0.4, -0.2) is 0 Å². The maximum atomic E-state index is 6.45. The Kier molecular flexibility index (Phi) is 3.55. The van der Waals surface area contributed by atoms with Crippen molar-refractivity contribution in [3.8, 4) is 0 Å².